The van der Waals surface area contributed by atoms with E-state index in [4.69, 9.17) is 20.8 Å². The van der Waals surface area contributed by atoms with E-state index in [9.17, 15) is 9.18 Å². The summed E-state index contributed by atoms with van der Waals surface area (Å²) >= 11 is 5.69. The van der Waals surface area contributed by atoms with Gasteiger partial charge in [-0.1, -0.05) is 11.6 Å². The molecule has 3 aliphatic rings. The van der Waals surface area contributed by atoms with E-state index in [1.54, 1.807) is 6.07 Å². The maximum atomic E-state index is 13.6. The fourth-order valence-corrected chi connectivity index (χ4v) is 3.97. The highest BCUT2D eigenvalue weighted by atomic mass is 35.5. The number of ether oxygens (including phenoxy) is 1. The van der Waals surface area contributed by atoms with Gasteiger partial charge in [0.15, 0.2) is 0 Å². The van der Waals surface area contributed by atoms with Gasteiger partial charge in [-0.3, -0.25) is 0 Å². The van der Waals surface area contributed by atoms with Crippen molar-refractivity contribution in [1.82, 2.24) is 15.5 Å². The fourth-order valence-electron chi connectivity index (χ4n) is 3.85. The van der Waals surface area contributed by atoms with Gasteiger partial charge in [-0.25, -0.2) is 9.18 Å². The third-order valence-electron chi connectivity index (χ3n) is 4.84. The zero-order valence-corrected chi connectivity index (χ0v) is 15.5. The van der Waals surface area contributed by atoms with Gasteiger partial charge in [-0.2, -0.15) is 0 Å². The van der Waals surface area contributed by atoms with Crippen LogP contribution >= 0.6 is 11.6 Å². The number of nitrogens with one attached hydrogen (secondary N) is 1. The first-order valence-corrected chi connectivity index (χ1v) is 8.78. The van der Waals surface area contributed by atoms with Crippen LogP contribution < -0.4 is 5.32 Å². The molecule has 0 aliphatic heterocycles. The summed E-state index contributed by atoms with van der Waals surface area (Å²) in [4.78, 5) is 12.0. The molecule has 138 valence electrons. The van der Waals surface area contributed by atoms with Crippen LogP contribution in [0.5, 0.6) is 0 Å². The van der Waals surface area contributed by atoms with Crippen molar-refractivity contribution in [2.75, 3.05) is 0 Å². The molecule has 1 aromatic carbocycles. The van der Waals surface area contributed by atoms with Crippen LogP contribution in [-0.2, 0) is 10.2 Å². The first-order valence-electron chi connectivity index (χ1n) is 8.41. The molecule has 2 bridgehead atoms. The first-order chi connectivity index (χ1) is 12.1. The molecule has 0 unspecified atom stereocenters. The Kier molecular flexibility index (Phi) is 3.60. The summed E-state index contributed by atoms with van der Waals surface area (Å²) < 4.78 is 24.7. The highest BCUT2D eigenvalue weighted by Gasteiger charge is 2.72. The van der Waals surface area contributed by atoms with Gasteiger partial charge in [-0.05, 0) is 58.2 Å². The molecule has 1 N–H and O–H groups in total. The fraction of sp³-hybridized carbons (Fsp3) is 0.500. The van der Waals surface area contributed by atoms with Crippen molar-refractivity contribution in [3.05, 3.63) is 34.9 Å². The number of nitrogens with zero attached hydrogens (tertiary/aromatic N) is 2. The Morgan fingerprint density at radius 2 is 2.00 bits per heavy atom. The number of carbonyl (C=O) groups excluding carboxylic acids is 1. The van der Waals surface area contributed by atoms with Gasteiger partial charge >= 0.3 is 6.09 Å². The lowest BCUT2D eigenvalue weighted by Gasteiger charge is -2.68. The molecule has 6 nitrogen and oxygen atoms in total. The smallest absolute Gasteiger partial charge is 0.408 e. The number of rotatable bonds is 3. The maximum Gasteiger partial charge on any atom is 0.408 e. The van der Waals surface area contributed by atoms with Gasteiger partial charge < -0.3 is 14.5 Å². The van der Waals surface area contributed by atoms with Crippen molar-refractivity contribution in [2.45, 2.75) is 56.6 Å². The van der Waals surface area contributed by atoms with Crippen molar-refractivity contribution in [2.24, 2.45) is 0 Å². The molecule has 0 spiro atoms. The summed E-state index contributed by atoms with van der Waals surface area (Å²) in [7, 11) is 0. The van der Waals surface area contributed by atoms with Crippen LogP contribution in [0.25, 0.3) is 11.5 Å². The number of amides is 1. The Bertz CT molecular complexity index is 870. The van der Waals surface area contributed by atoms with E-state index in [0.717, 1.165) is 19.3 Å². The second-order valence-electron chi connectivity index (χ2n) is 8.26. The molecule has 1 amide bonds. The molecule has 1 aromatic heterocycles. The first kappa shape index (κ1) is 17.3. The lowest BCUT2D eigenvalue weighted by molar-refractivity contribution is -0.102. The van der Waals surface area contributed by atoms with E-state index < -0.39 is 17.5 Å². The SMILES string of the molecule is CC(C)(C)OC(=O)NC12CC(c3nnc(-c4ccc(Cl)c(F)c4)o3)(C1)C2. The van der Waals surface area contributed by atoms with Crippen LogP contribution in [0.4, 0.5) is 9.18 Å². The molecule has 3 fully saturated rings. The predicted molar refractivity (Wildman–Crippen MR) is 92.3 cm³/mol. The van der Waals surface area contributed by atoms with Crippen LogP contribution in [0, 0.1) is 5.82 Å². The average molecular weight is 380 g/mol. The molecule has 0 radical (unpaired) electrons. The monoisotopic (exact) mass is 379 g/mol. The summed E-state index contributed by atoms with van der Waals surface area (Å²) in [5, 5.41) is 11.1. The molecule has 0 atom stereocenters. The topological polar surface area (TPSA) is 77.2 Å². The number of halogens is 2. The number of alkyl carbamates (subject to hydrolysis) is 1. The third-order valence-corrected chi connectivity index (χ3v) is 5.15. The Hall–Kier alpha value is -2.15. The Labute approximate surface area is 155 Å². The van der Waals surface area contributed by atoms with E-state index >= 15 is 0 Å². The lowest BCUT2D eigenvalue weighted by atomic mass is 9.39. The standard InChI is InChI=1S/C18H19ClFN3O3/c1-16(2,3)26-15(24)21-18-7-17(8-18,9-18)14-23-22-13(25-14)10-4-5-11(19)12(20)6-10/h4-6H,7-9H2,1-3H3,(H,21,24). The highest BCUT2D eigenvalue weighted by molar-refractivity contribution is 6.30. The minimum atomic E-state index is -0.532. The van der Waals surface area contributed by atoms with Crippen molar-refractivity contribution in [1.29, 1.82) is 0 Å². The van der Waals surface area contributed by atoms with E-state index in [2.05, 4.69) is 15.5 Å². The minimum absolute atomic E-state index is 0.0445. The number of carbonyl (C=O) groups is 1. The highest BCUT2D eigenvalue weighted by Crippen LogP contribution is 2.67. The summed E-state index contributed by atoms with van der Waals surface area (Å²) in [6.07, 6.45) is 1.79. The number of hydrogen-bond acceptors (Lipinski definition) is 5. The molecule has 0 saturated heterocycles. The van der Waals surface area contributed by atoms with Crippen molar-refractivity contribution in [3.63, 3.8) is 0 Å². The van der Waals surface area contributed by atoms with Crippen molar-refractivity contribution in [3.8, 4) is 11.5 Å². The van der Waals surface area contributed by atoms with E-state index in [1.807, 2.05) is 20.8 Å². The second kappa shape index (κ2) is 5.42. The molecule has 3 saturated carbocycles. The average Bonchev–Trinajstić information content (AvgIpc) is 2.92. The van der Waals surface area contributed by atoms with Gasteiger partial charge in [-0.15, -0.1) is 10.2 Å². The van der Waals surface area contributed by atoms with E-state index in [-0.39, 0.29) is 21.9 Å². The molecular formula is C18H19ClFN3O3. The summed E-state index contributed by atoms with van der Waals surface area (Å²) in [6.45, 7) is 5.49. The van der Waals surface area contributed by atoms with Crippen LogP contribution in [0.2, 0.25) is 5.02 Å². The molecule has 26 heavy (non-hydrogen) atoms. The molecule has 5 rings (SSSR count). The summed E-state index contributed by atoms with van der Waals surface area (Å²) in [5.41, 5.74) is -0.492. The third kappa shape index (κ3) is 2.84. The molecule has 2 aromatic rings. The van der Waals surface area contributed by atoms with Crippen LogP contribution in [0.15, 0.2) is 22.6 Å². The molecular weight excluding hydrogens is 361 g/mol. The van der Waals surface area contributed by atoms with Gasteiger partial charge in [0.05, 0.1) is 10.4 Å². The molecule has 8 heteroatoms. The number of hydrogen-bond donors (Lipinski definition) is 1. The Morgan fingerprint density at radius 3 is 2.62 bits per heavy atom. The van der Waals surface area contributed by atoms with Crippen molar-refractivity contribution >= 4 is 17.7 Å². The van der Waals surface area contributed by atoms with E-state index in [0.29, 0.717) is 11.5 Å². The summed E-state index contributed by atoms with van der Waals surface area (Å²) in [5.74, 6) is 0.250. The zero-order chi connectivity index (χ0) is 18.7. The second-order valence-corrected chi connectivity index (χ2v) is 8.67. The van der Waals surface area contributed by atoms with Gasteiger partial charge in [0.25, 0.3) is 0 Å². The van der Waals surface area contributed by atoms with E-state index in [1.165, 1.54) is 12.1 Å². The zero-order valence-electron chi connectivity index (χ0n) is 14.7. The van der Waals surface area contributed by atoms with Gasteiger partial charge in [0, 0.05) is 11.1 Å². The lowest BCUT2D eigenvalue weighted by Crippen LogP contribution is -2.77. The molecule has 1 heterocycles. The van der Waals surface area contributed by atoms with Gasteiger partial charge in [0.2, 0.25) is 11.8 Å². The van der Waals surface area contributed by atoms with Gasteiger partial charge in [0.1, 0.15) is 11.4 Å². The predicted octanol–water partition coefficient (Wildman–Crippen LogP) is 4.23. The number of benzene rings is 1. The number of aromatic nitrogens is 2. The van der Waals surface area contributed by atoms with Crippen LogP contribution in [-0.4, -0.2) is 27.4 Å². The quantitative estimate of drug-likeness (QED) is 0.863. The molecule has 3 aliphatic carbocycles. The normalized spacial score (nSPS) is 26.7. The van der Waals surface area contributed by atoms with Crippen molar-refractivity contribution < 1.29 is 18.3 Å². The Morgan fingerprint density at radius 1 is 1.31 bits per heavy atom. The minimum Gasteiger partial charge on any atom is -0.444 e. The van der Waals surface area contributed by atoms with Crippen LogP contribution in [0.3, 0.4) is 0 Å². The maximum absolute atomic E-state index is 13.6. The Balaban J connectivity index is 1.42. The van der Waals surface area contributed by atoms with Crippen LogP contribution in [0.1, 0.15) is 45.9 Å². The largest absolute Gasteiger partial charge is 0.444 e. The summed E-state index contributed by atoms with van der Waals surface area (Å²) in [6, 6.07) is 4.36.